The summed E-state index contributed by atoms with van der Waals surface area (Å²) in [7, 11) is 1.25. The van der Waals surface area contributed by atoms with Gasteiger partial charge in [0.1, 0.15) is 0 Å². The molecule has 0 fully saturated rings. The molecular formula is C11H19NO3. The predicted octanol–water partition coefficient (Wildman–Crippen LogP) is 0.303. The molecule has 0 aromatic rings. The number of carbonyl (C=O) groups excluding carboxylic acids is 1. The minimum Gasteiger partial charge on any atom is -0.467 e. The highest BCUT2D eigenvalue weighted by atomic mass is 16.5. The third-order valence-electron chi connectivity index (χ3n) is 2.02. The lowest BCUT2D eigenvalue weighted by Gasteiger charge is -2.20. The van der Waals surface area contributed by atoms with Crippen LogP contribution in [0.2, 0.25) is 0 Å². The number of esters is 1. The molecular weight excluding hydrogens is 194 g/mol. The Labute approximate surface area is 91.0 Å². The minimum absolute atomic E-state index is 0.190. The van der Waals surface area contributed by atoms with Gasteiger partial charge in [0, 0.05) is 13.0 Å². The van der Waals surface area contributed by atoms with E-state index in [-0.39, 0.29) is 6.54 Å². The molecule has 15 heavy (non-hydrogen) atoms. The van der Waals surface area contributed by atoms with Crippen molar-refractivity contribution in [3.8, 4) is 12.3 Å². The number of terminal acetylenes is 1. The van der Waals surface area contributed by atoms with E-state index in [1.165, 1.54) is 14.0 Å². The topological polar surface area (TPSA) is 58.6 Å². The number of nitrogens with one attached hydrogen (secondary N) is 1. The second-order valence-corrected chi connectivity index (χ2v) is 3.60. The molecule has 1 unspecified atom stereocenters. The van der Waals surface area contributed by atoms with Gasteiger partial charge in [0.15, 0.2) is 5.60 Å². The molecule has 86 valence electrons. The maximum absolute atomic E-state index is 11.1. The summed E-state index contributed by atoms with van der Waals surface area (Å²) in [5.74, 6) is 1.92. The Balaban J connectivity index is 3.58. The number of aliphatic hydroxyl groups is 1. The van der Waals surface area contributed by atoms with Crippen LogP contribution in [0.3, 0.4) is 0 Å². The number of carbonyl (C=O) groups is 1. The van der Waals surface area contributed by atoms with Crippen molar-refractivity contribution in [2.45, 2.75) is 31.8 Å². The zero-order valence-corrected chi connectivity index (χ0v) is 9.38. The minimum atomic E-state index is -1.46. The number of hydrogen-bond donors (Lipinski definition) is 2. The van der Waals surface area contributed by atoms with E-state index in [2.05, 4.69) is 16.0 Å². The molecule has 0 aliphatic rings. The van der Waals surface area contributed by atoms with Gasteiger partial charge < -0.3 is 15.2 Å². The molecule has 0 saturated heterocycles. The molecule has 0 aliphatic heterocycles. The molecule has 0 radical (unpaired) electrons. The number of hydrogen-bond acceptors (Lipinski definition) is 4. The summed E-state index contributed by atoms with van der Waals surface area (Å²) in [5, 5.41) is 12.6. The van der Waals surface area contributed by atoms with Gasteiger partial charge in [0.2, 0.25) is 0 Å². The van der Waals surface area contributed by atoms with Gasteiger partial charge in [0.25, 0.3) is 0 Å². The zero-order chi connectivity index (χ0) is 11.7. The summed E-state index contributed by atoms with van der Waals surface area (Å²) >= 11 is 0. The number of unbranched alkanes of at least 4 members (excludes halogenated alkanes) is 2. The van der Waals surface area contributed by atoms with Crippen molar-refractivity contribution in [3.63, 3.8) is 0 Å². The fraction of sp³-hybridized carbons (Fsp3) is 0.727. The molecule has 0 saturated carbocycles. The van der Waals surface area contributed by atoms with Crippen molar-refractivity contribution < 1.29 is 14.6 Å². The average Bonchev–Trinajstić information content (AvgIpc) is 2.22. The standard InChI is InChI=1S/C11H19NO3/c1-4-5-6-7-8-12-9-11(2,14)10(13)15-3/h1,12,14H,5-9H2,2-3H3. The first-order valence-corrected chi connectivity index (χ1v) is 4.99. The molecule has 0 aromatic heterocycles. The Morgan fingerprint density at radius 3 is 2.80 bits per heavy atom. The Morgan fingerprint density at radius 1 is 1.60 bits per heavy atom. The van der Waals surface area contributed by atoms with E-state index < -0.39 is 11.6 Å². The second kappa shape index (κ2) is 7.27. The van der Waals surface area contributed by atoms with Crippen molar-refractivity contribution in [3.05, 3.63) is 0 Å². The summed E-state index contributed by atoms with van der Waals surface area (Å²) in [6, 6.07) is 0. The fourth-order valence-electron chi connectivity index (χ4n) is 1.10. The summed E-state index contributed by atoms with van der Waals surface area (Å²) < 4.78 is 4.46. The van der Waals surface area contributed by atoms with Crippen molar-refractivity contribution in [2.24, 2.45) is 0 Å². The van der Waals surface area contributed by atoms with E-state index in [9.17, 15) is 9.90 Å². The lowest BCUT2D eigenvalue weighted by molar-refractivity contribution is -0.159. The largest absolute Gasteiger partial charge is 0.467 e. The summed E-state index contributed by atoms with van der Waals surface area (Å²) in [6.07, 6.45) is 7.74. The molecule has 0 heterocycles. The van der Waals surface area contributed by atoms with Crippen molar-refractivity contribution in [1.82, 2.24) is 5.32 Å². The molecule has 4 nitrogen and oxygen atoms in total. The Kier molecular flexibility index (Phi) is 6.76. The zero-order valence-electron chi connectivity index (χ0n) is 9.38. The molecule has 0 bridgehead atoms. The molecule has 0 amide bonds. The van der Waals surface area contributed by atoms with Crippen LogP contribution < -0.4 is 5.32 Å². The molecule has 0 aliphatic carbocycles. The Bertz CT molecular complexity index is 230. The van der Waals surface area contributed by atoms with Crippen LogP contribution in [0.1, 0.15) is 26.2 Å². The van der Waals surface area contributed by atoms with Crippen LogP contribution in [-0.2, 0) is 9.53 Å². The van der Waals surface area contributed by atoms with E-state index in [4.69, 9.17) is 6.42 Å². The Morgan fingerprint density at radius 2 is 2.27 bits per heavy atom. The molecule has 0 spiro atoms. The van der Waals surface area contributed by atoms with E-state index in [1.54, 1.807) is 0 Å². The molecule has 4 heteroatoms. The smallest absolute Gasteiger partial charge is 0.338 e. The fourth-order valence-corrected chi connectivity index (χ4v) is 1.10. The van der Waals surface area contributed by atoms with Gasteiger partial charge >= 0.3 is 5.97 Å². The van der Waals surface area contributed by atoms with E-state index in [0.717, 1.165) is 25.8 Å². The van der Waals surface area contributed by atoms with Gasteiger partial charge in [-0.25, -0.2) is 4.79 Å². The van der Waals surface area contributed by atoms with Crippen LogP contribution in [0.4, 0.5) is 0 Å². The maximum Gasteiger partial charge on any atom is 0.338 e. The number of rotatable bonds is 7. The van der Waals surface area contributed by atoms with Crippen molar-refractivity contribution in [1.29, 1.82) is 0 Å². The highest BCUT2D eigenvalue weighted by Gasteiger charge is 2.30. The van der Waals surface area contributed by atoms with Crippen LogP contribution in [0.5, 0.6) is 0 Å². The summed E-state index contributed by atoms with van der Waals surface area (Å²) in [6.45, 7) is 2.35. The highest BCUT2D eigenvalue weighted by Crippen LogP contribution is 2.03. The number of methoxy groups -OCH3 is 1. The van der Waals surface area contributed by atoms with Gasteiger partial charge in [-0.1, -0.05) is 0 Å². The van der Waals surface area contributed by atoms with Crippen LogP contribution in [-0.4, -0.2) is 36.9 Å². The van der Waals surface area contributed by atoms with E-state index in [1.807, 2.05) is 0 Å². The maximum atomic E-state index is 11.1. The van der Waals surface area contributed by atoms with Crippen LogP contribution in [0.15, 0.2) is 0 Å². The average molecular weight is 213 g/mol. The highest BCUT2D eigenvalue weighted by molar-refractivity contribution is 5.78. The first kappa shape index (κ1) is 13.9. The molecule has 0 aromatic carbocycles. The molecule has 2 N–H and O–H groups in total. The monoisotopic (exact) mass is 213 g/mol. The van der Waals surface area contributed by atoms with E-state index in [0.29, 0.717) is 0 Å². The third-order valence-corrected chi connectivity index (χ3v) is 2.02. The van der Waals surface area contributed by atoms with Gasteiger partial charge in [-0.15, -0.1) is 12.3 Å². The van der Waals surface area contributed by atoms with Crippen molar-refractivity contribution in [2.75, 3.05) is 20.2 Å². The molecule has 0 rings (SSSR count). The Hall–Kier alpha value is -1.05. The second-order valence-electron chi connectivity index (χ2n) is 3.60. The lowest BCUT2D eigenvalue weighted by Crippen LogP contribution is -2.45. The summed E-state index contributed by atoms with van der Waals surface area (Å²) in [4.78, 5) is 11.1. The third kappa shape index (κ3) is 6.10. The quantitative estimate of drug-likeness (QED) is 0.363. The van der Waals surface area contributed by atoms with Crippen LogP contribution >= 0.6 is 0 Å². The lowest BCUT2D eigenvalue weighted by atomic mass is 10.1. The first-order chi connectivity index (χ1) is 7.04. The number of ether oxygens (including phenoxy) is 1. The van der Waals surface area contributed by atoms with Crippen LogP contribution in [0, 0.1) is 12.3 Å². The van der Waals surface area contributed by atoms with Crippen LogP contribution in [0.25, 0.3) is 0 Å². The molecule has 1 atom stereocenters. The first-order valence-electron chi connectivity index (χ1n) is 4.99. The predicted molar refractivity (Wildman–Crippen MR) is 58.2 cm³/mol. The van der Waals surface area contributed by atoms with Crippen molar-refractivity contribution >= 4 is 5.97 Å². The SMILES string of the molecule is C#CCCCCNCC(C)(O)C(=O)OC. The van der Waals surface area contributed by atoms with E-state index >= 15 is 0 Å². The van der Waals surface area contributed by atoms with Gasteiger partial charge in [-0.3, -0.25) is 0 Å². The normalized spacial score (nSPS) is 14.0. The van der Waals surface area contributed by atoms with Gasteiger partial charge in [-0.05, 0) is 26.3 Å². The van der Waals surface area contributed by atoms with Gasteiger partial charge in [-0.2, -0.15) is 0 Å². The van der Waals surface area contributed by atoms with Gasteiger partial charge in [0.05, 0.1) is 7.11 Å². The summed E-state index contributed by atoms with van der Waals surface area (Å²) in [5.41, 5.74) is -1.46.